The summed E-state index contributed by atoms with van der Waals surface area (Å²) >= 11 is 1.09. The van der Waals surface area contributed by atoms with E-state index >= 15 is 0 Å². The van der Waals surface area contributed by atoms with E-state index in [1.54, 1.807) is 17.5 Å². The summed E-state index contributed by atoms with van der Waals surface area (Å²) in [5.41, 5.74) is 0.891. The second-order valence-electron chi connectivity index (χ2n) is 5.33. The van der Waals surface area contributed by atoms with Crippen molar-refractivity contribution < 1.29 is 18.1 Å². The molecule has 1 heterocycles. The Morgan fingerprint density at radius 2 is 1.89 bits per heavy atom. The van der Waals surface area contributed by atoms with Crippen molar-refractivity contribution in [3.05, 3.63) is 64.0 Å². The summed E-state index contributed by atoms with van der Waals surface area (Å²) in [6.45, 7) is 2.46. The zero-order chi connectivity index (χ0) is 19.4. The van der Waals surface area contributed by atoms with Crippen LogP contribution < -0.4 is 9.46 Å². The number of rotatable bonds is 7. The van der Waals surface area contributed by atoms with Gasteiger partial charge in [-0.05, 0) is 37.3 Å². The quantitative estimate of drug-likeness (QED) is 0.471. The number of nitrogens with zero attached hydrogens (tertiary/aromatic N) is 2. The van der Waals surface area contributed by atoms with E-state index in [0.717, 1.165) is 28.7 Å². The highest BCUT2D eigenvalue weighted by molar-refractivity contribution is 7.93. The van der Waals surface area contributed by atoms with Crippen LogP contribution >= 0.6 is 11.3 Å². The number of ether oxygens (including phenoxy) is 1. The zero-order valence-corrected chi connectivity index (χ0v) is 15.8. The highest BCUT2D eigenvalue weighted by atomic mass is 32.2. The Labute approximate surface area is 159 Å². The lowest BCUT2D eigenvalue weighted by molar-refractivity contribution is -0.387. The summed E-state index contributed by atoms with van der Waals surface area (Å²) < 4.78 is 32.7. The van der Waals surface area contributed by atoms with E-state index in [9.17, 15) is 18.5 Å². The number of aromatic nitrogens is 1. The Bertz CT molecular complexity index is 1060. The molecule has 0 unspecified atom stereocenters. The Morgan fingerprint density at radius 3 is 2.56 bits per heavy atom. The lowest BCUT2D eigenvalue weighted by Crippen LogP contribution is -2.14. The van der Waals surface area contributed by atoms with Crippen LogP contribution in [0.4, 0.5) is 10.8 Å². The van der Waals surface area contributed by atoms with Gasteiger partial charge in [0.1, 0.15) is 5.75 Å². The van der Waals surface area contributed by atoms with Crippen LogP contribution in [-0.2, 0) is 10.0 Å². The minimum absolute atomic E-state index is 0.122. The molecule has 3 rings (SSSR count). The first-order valence-electron chi connectivity index (χ1n) is 7.85. The normalized spacial score (nSPS) is 11.1. The van der Waals surface area contributed by atoms with Gasteiger partial charge in [-0.15, -0.1) is 11.3 Å². The Hall–Kier alpha value is -2.98. The summed E-state index contributed by atoms with van der Waals surface area (Å²) in [4.78, 5) is 14.2. The van der Waals surface area contributed by atoms with Crippen LogP contribution in [0.3, 0.4) is 0 Å². The summed E-state index contributed by atoms with van der Waals surface area (Å²) in [6.07, 6.45) is 0. The maximum atomic E-state index is 12.5. The van der Waals surface area contributed by atoms with Crippen molar-refractivity contribution in [3.63, 3.8) is 0 Å². The van der Waals surface area contributed by atoms with Crippen molar-refractivity contribution in [3.8, 4) is 17.0 Å². The van der Waals surface area contributed by atoms with Crippen molar-refractivity contribution in [1.82, 2.24) is 4.98 Å². The van der Waals surface area contributed by atoms with E-state index in [-0.39, 0.29) is 5.13 Å². The first-order valence-corrected chi connectivity index (χ1v) is 10.2. The predicted molar refractivity (Wildman–Crippen MR) is 103 cm³/mol. The van der Waals surface area contributed by atoms with Gasteiger partial charge in [-0.1, -0.05) is 12.1 Å². The zero-order valence-electron chi connectivity index (χ0n) is 14.2. The first kappa shape index (κ1) is 18.8. The van der Waals surface area contributed by atoms with Crippen molar-refractivity contribution >= 4 is 32.2 Å². The van der Waals surface area contributed by atoms with Gasteiger partial charge >= 0.3 is 0 Å². The molecule has 0 atom stereocenters. The molecule has 0 aliphatic heterocycles. The molecular weight excluding hydrogens is 390 g/mol. The number of nitro groups is 1. The molecule has 0 bridgehead atoms. The third kappa shape index (κ3) is 4.23. The Kier molecular flexibility index (Phi) is 5.38. The summed E-state index contributed by atoms with van der Waals surface area (Å²) in [5.74, 6) is 0.730. The van der Waals surface area contributed by atoms with Gasteiger partial charge in [-0.3, -0.25) is 14.8 Å². The molecule has 0 fully saturated rings. The fourth-order valence-corrected chi connectivity index (χ4v) is 4.49. The van der Waals surface area contributed by atoms with Gasteiger partial charge in [-0.2, -0.15) is 0 Å². The van der Waals surface area contributed by atoms with Crippen LogP contribution in [0.25, 0.3) is 11.3 Å². The van der Waals surface area contributed by atoms with Gasteiger partial charge in [0.15, 0.2) is 10.0 Å². The standard InChI is InChI=1S/C17H15N3O5S2/c1-2-25-13-9-7-12(8-10-13)14-11-26-17(18-14)19-27(23,24)16-6-4-3-5-15(16)20(21)22/h3-11H,2H2,1H3,(H,18,19). The molecule has 0 amide bonds. The number of benzene rings is 2. The molecule has 27 heavy (non-hydrogen) atoms. The van der Waals surface area contributed by atoms with E-state index in [0.29, 0.717) is 12.3 Å². The molecule has 1 aromatic heterocycles. The number of nitro benzene ring substituents is 1. The van der Waals surface area contributed by atoms with Gasteiger partial charge in [0.2, 0.25) is 0 Å². The van der Waals surface area contributed by atoms with E-state index in [1.807, 2.05) is 19.1 Å². The second-order valence-corrected chi connectivity index (χ2v) is 7.83. The lowest BCUT2D eigenvalue weighted by atomic mass is 10.2. The fraction of sp³-hybridized carbons (Fsp3) is 0.118. The van der Waals surface area contributed by atoms with Crippen LogP contribution in [0.1, 0.15) is 6.92 Å². The van der Waals surface area contributed by atoms with Crippen molar-refractivity contribution in [1.29, 1.82) is 0 Å². The topological polar surface area (TPSA) is 111 Å². The largest absolute Gasteiger partial charge is 0.494 e. The molecule has 0 aliphatic carbocycles. The minimum atomic E-state index is -4.14. The lowest BCUT2D eigenvalue weighted by Gasteiger charge is -2.05. The van der Waals surface area contributed by atoms with Gasteiger partial charge in [0.25, 0.3) is 15.7 Å². The van der Waals surface area contributed by atoms with E-state index < -0.39 is 25.5 Å². The third-order valence-electron chi connectivity index (χ3n) is 3.54. The number of nitrogens with one attached hydrogen (secondary N) is 1. The molecule has 10 heteroatoms. The average molecular weight is 405 g/mol. The number of sulfonamides is 1. The highest BCUT2D eigenvalue weighted by Crippen LogP contribution is 2.30. The number of para-hydroxylation sites is 1. The van der Waals surface area contributed by atoms with Gasteiger partial charge in [-0.25, -0.2) is 13.4 Å². The van der Waals surface area contributed by atoms with Crippen LogP contribution in [0.5, 0.6) is 5.75 Å². The summed E-state index contributed by atoms with van der Waals surface area (Å²) in [6, 6.07) is 12.4. The van der Waals surface area contributed by atoms with E-state index in [2.05, 4.69) is 9.71 Å². The van der Waals surface area contributed by atoms with Crippen LogP contribution in [0.15, 0.2) is 58.8 Å². The third-order valence-corrected chi connectivity index (χ3v) is 5.81. The van der Waals surface area contributed by atoms with Crippen LogP contribution in [-0.4, -0.2) is 24.9 Å². The second kappa shape index (κ2) is 7.72. The van der Waals surface area contributed by atoms with Crippen molar-refractivity contribution in [2.24, 2.45) is 0 Å². The molecule has 2 aromatic carbocycles. The molecule has 0 saturated carbocycles. The van der Waals surface area contributed by atoms with Gasteiger partial charge < -0.3 is 4.74 Å². The molecule has 0 spiro atoms. The molecule has 1 N–H and O–H groups in total. The number of hydrogen-bond acceptors (Lipinski definition) is 7. The molecule has 140 valence electrons. The molecule has 3 aromatic rings. The Balaban J connectivity index is 1.84. The van der Waals surface area contributed by atoms with E-state index in [1.165, 1.54) is 18.2 Å². The number of anilines is 1. The smallest absolute Gasteiger partial charge is 0.289 e. The number of hydrogen-bond donors (Lipinski definition) is 1. The average Bonchev–Trinajstić information content (AvgIpc) is 3.10. The fourth-order valence-electron chi connectivity index (χ4n) is 2.35. The van der Waals surface area contributed by atoms with Crippen molar-refractivity contribution in [2.75, 3.05) is 11.3 Å². The van der Waals surface area contributed by atoms with E-state index in [4.69, 9.17) is 4.74 Å². The molecule has 0 aliphatic rings. The van der Waals surface area contributed by atoms with Gasteiger partial charge in [0.05, 0.1) is 17.2 Å². The maximum Gasteiger partial charge on any atom is 0.289 e. The Morgan fingerprint density at radius 1 is 1.19 bits per heavy atom. The van der Waals surface area contributed by atoms with Crippen LogP contribution in [0, 0.1) is 10.1 Å². The summed E-state index contributed by atoms with van der Waals surface area (Å²) in [5, 5.41) is 12.9. The van der Waals surface area contributed by atoms with Crippen LogP contribution in [0.2, 0.25) is 0 Å². The SMILES string of the molecule is CCOc1ccc(-c2csc(NS(=O)(=O)c3ccccc3[N+](=O)[O-])n2)cc1. The highest BCUT2D eigenvalue weighted by Gasteiger charge is 2.26. The number of thiazole rings is 1. The molecule has 8 nitrogen and oxygen atoms in total. The predicted octanol–water partition coefficient (Wildman–Crippen LogP) is 3.92. The summed E-state index contributed by atoms with van der Waals surface area (Å²) in [7, 11) is -4.14. The molecule has 0 saturated heterocycles. The minimum Gasteiger partial charge on any atom is -0.494 e. The van der Waals surface area contributed by atoms with Crippen molar-refractivity contribution in [2.45, 2.75) is 11.8 Å². The monoisotopic (exact) mass is 405 g/mol. The molecule has 0 radical (unpaired) electrons. The first-order chi connectivity index (χ1) is 12.9. The maximum absolute atomic E-state index is 12.5. The van der Waals surface area contributed by atoms with Gasteiger partial charge in [0, 0.05) is 17.0 Å². The molecular formula is C17H15N3O5S2.